The van der Waals surface area contributed by atoms with Crippen LogP contribution in [0.3, 0.4) is 0 Å². The summed E-state index contributed by atoms with van der Waals surface area (Å²) in [6.45, 7) is 1.79. The molecule has 5 heteroatoms. The summed E-state index contributed by atoms with van der Waals surface area (Å²) in [5.41, 5.74) is 2.79. The molecule has 1 amide bonds. The van der Waals surface area contributed by atoms with Gasteiger partial charge in [0.05, 0.1) is 23.3 Å². The highest BCUT2D eigenvalue weighted by Crippen LogP contribution is 2.19. The summed E-state index contributed by atoms with van der Waals surface area (Å²) >= 11 is 0. The average molecular weight is 258 g/mol. The summed E-state index contributed by atoms with van der Waals surface area (Å²) in [6.07, 6.45) is 3.81. The minimum Gasteiger partial charge on any atom is -0.334 e. The van der Waals surface area contributed by atoms with E-state index in [1.54, 1.807) is 6.33 Å². The Morgan fingerprint density at radius 1 is 1.53 bits per heavy atom. The van der Waals surface area contributed by atoms with Crippen molar-refractivity contribution >= 4 is 22.6 Å². The molecule has 0 spiro atoms. The number of nitrogens with one attached hydrogen (secondary N) is 2. The summed E-state index contributed by atoms with van der Waals surface area (Å²) in [5, 5.41) is 6.24. The van der Waals surface area contributed by atoms with Crippen LogP contribution in [0.5, 0.6) is 0 Å². The minimum absolute atomic E-state index is 0.0770. The highest BCUT2D eigenvalue weighted by molar-refractivity contribution is 5.94. The van der Waals surface area contributed by atoms with Crippen molar-refractivity contribution in [1.82, 2.24) is 14.9 Å². The fourth-order valence-corrected chi connectivity index (χ4v) is 2.53. The zero-order chi connectivity index (χ0) is 13.2. The van der Waals surface area contributed by atoms with Crippen LogP contribution in [0.15, 0.2) is 24.5 Å². The molecule has 1 saturated heterocycles. The van der Waals surface area contributed by atoms with E-state index >= 15 is 0 Å². The largest absolute Gasteiger partial charge is 0.334 e. The van der Waals surface area contributed by atoms with Crippen LogP contribution < -0.4 is 10.6 Å². The number of aromatic nitrogens is 2. The number of imidazole rings is 1. The van der Waals surface area contributed by atoms with Gasteiger partial charge in [0.1, 0.15) is 0 Å². The van der Waals surface area contributed by atoms with Crippen LogP contribution in [0.25, 0.3) is 11.0 Å². The van der Waals surface area contributed by atoms with Crippen molar-refractivity contribution in [3.05, 3.63) is 24.5 Å². The van der Waals surface area contributed by atoms with Crippen molar-refractivity contribution < 1.29 is 4.79 Å². The minimum atomic E-state index is 0.0770. The lowest BCUT2D eigenvalue weighted by molar-refractivity contribution is -0.120. The van der Waals surface area contributed by atoms with Gasteiger partial charge in [-0.3, -0.25) is 4.79 Å². The number of rotatable bonds is 2. The number of nitrogens with zero attached hydrogens (tertiary/aromatic N) is 2. The highest BCUT2D eigenvalue weighted by atomic mass is 16.1. The first kappa shape index (κ1) is 12.2. The third-order valence-electron chi connectivity index (χ3n) is 3.66. The van der Waals surface area contributed by atoms with Crippen molar-refractivity contribution in [3.63, 3.8) is 0 Å². The average Bonchev–Trinajstić information content (AvgIpc) is 2.81. The van der Waals surface area contributed by atoms with Gasteiger partial charge in [-0.1, -0.05) is 0 Å². The monoisotopic (exact) mass is 258 g/mol. The van der Waals surface area contributed by atoms with Crippen LogP contribution in [0.1, 0.15) is 12.8 Å². The maximum Gasteiger partial charge on any atom is 0.228 e. The zero-order valence-corrected chi connectivity index (χ0v) is 11.0. The van der Waals surface area contributed by atoms with Crippen LogP contribution >= 0.6 is 0 Å². The van der Waals surface area contributed by atoms with E-state index in [2.05, 4.69) is 15.6 Å². The second kappa shape index (κ2) is 5.01. The molecule has 1 aromatic carbocycles. The van der Waals surface area contributed by atoms with E-state index < -0.39 is 0 Å². The number of aryl methyl sites for hydroxylation is 1. The van der Waals surface area contributed by atoms with Gasteiger partial charge in [-0.15, -0.1) is 0 Å². The third kappa shape index (κ3) is 2.46. The Bertz CT molecular complexity index is 599. The van der Waals surface area contributed by atoms with Gasteiger partial charge in [-0.05, 0) is 37.6 Å². The van der Waals surface area contributed by atoms with Gasteiger partial charge in [0.15, 0.2) is 0 Å². The fraction of sp³-hybridized carbons (Fsp3) is 0.429. The van der Waals surface area contributed by atoms with Gasteiger partial charge in [-0.25, -0.2) is 4.98 Å². The molecule has 1 aromatic heterocycles. The number of anilines is 1. The SMILES string of the molecule is Cn1cnc2cc(NC(=O)[C@@H]3CCCNC3)ccc21. The van der Waals surface area contributed by atoms with Crippen molar-refractivity contribution in [1.29, 1.82) is 0 Å². The quantitative estimate of drug-likeness (QED) is 0.858. The smallest absolute Gasteiger partial charge is 0.228 e. The number of hydrogen-bond acceptors (Lipinski definition) is 3. The number of carbonyl (C=O) groups excluding carboxylic acids is 1. The molecular formula is C14H18N4O. The van der Waals surface area contributed by atoms with E-state index in [9.17, 15) is 4.79 Å². The number of amides is 1. The van der Waals surface area contributed by atoms with Crippen LogP contribution in [-0.4, -0.2) is 28.5 Å². The lowest BCUT2D eigenvalue weighted by Crippen LogP contribution is -2.37. The molecule has 0 aliphatic carbocycles. The number of benzene rings is 1. The number of carbonyl (C=O) groups is 1. The van der Waals surface area contributed by atoms with Crippen molar-refractivity contribution in [3.8, 4) is 0 Å². The summed E-state index contributed by atoms with van der Waals surface area (Å²) in [5.74, 6) is 0.177. The standard InChI is InChI=1S/C14H18N4O/c1-18-9-16-12-7-11(4-5-13(12)18)17-14(19)10-3-2-6-15-8-10/h4-5,7,9-10,15H,2-3,6,8H2,1H3,(H,17,19)/t10-/m1/s1. The Morgan fingerprint density at radius 2 is 2.42 bits per heavy atom. The van der Waals surface area contributed by atoms with Crippen molar-refractivity contribution in [2.24, 2.45) is 13.0 Å². The molecule has 1 aliphatic rings. The van der Waals surface area contributed by atoms with Gasteiger partial charge in [0.2, 0.25) is 5.91 Å². The van der Waals surface area contributed by atoms with E-state index in [1.807, 2.05) is 29.8 Å². The van der Waals surface area contributed by atoms with E-state index in [1.165, 1.54) is 0 Å². The predicted octanol–water partition coefficient (Wildman–Crippen LogP) is 1.51. The molecule has 1 fully saturated rings. The van der Waals surface area contributed by atoms with Gasteiger partial charge in [0.25, 0.3) is 0 Å². The molecule has 1 atom stereocenters. The first-order valence-corrected chi connectivity index (χ1v) is 6.67. The van der Waals surface area contributed by atoms with Crippen molar-refractivity contribution in [2.75, 3.05) is 18.4 Å². The van der Waals surface area contributed by atoms with Gasteiger partial charge < -0.3 is 15.2 Å². The second-order valence-electron chi connectivity index (χ2n) is 5.09. The van der Waals surface area contributed by atoms with E-state index in [0.29, 0.717) is 0 Å². The lowest BCUT2D eigenvalue weighted by Gasteiger charge is -2.21. The van der Waals surface area contributed by atoms with E-state index in [-0.39, 0.29) is 11.8 Å². The predicted molar refractivity (Wildman–Crippen MR) is 74.9 cm³/mol. The van der Waals surface area contributed by atoms with Crippen LogP contribution in [-0.2, 0) is 11.8 Å². The maximum absolute atomic E-state index is 12.1. The zero-order valence-electron chi connectivity index (χ0n) is 11.0. The third-order valence-corrected chi connectivity index (χ3v) is 3.66. The first-order chi connectivity index (χ1) is 9.24. The fourth-order valence-electron chi connectivity index (χ4n) is 2.53. The lowest BCUT2D eigenvalue weighted by atomic mass is 9.99. The Labute approximate surface area is 112 Å². The number of hydrogen-bond donors (Lipinski definition) is 2. The van der Waals surface area contributed by atoms with E-state index in [4.69, 9.17) is 0 Å². The molecule has 2 N–H and O–H groups in total. The summed E-state index contributed by atoms with van der Waals surface area (Å²) in [4.78, 5) is 16.4. The van der Waals surface area contributed by atoms with Crippen LogP contribution in [0, 0.1) is 5.92 Å². The molecule has 0 unspecified atom stereocenters. The topological polar surface area (TPSA) is 59.0 Å². The summed E-state index contributed by atoms with van der Waals surface area (Å²) < 4.78 is 1.96. The number of fused-ring (bicyclic) bond motifs is 1. The highest BCUT2D eigenvalue weighted by Gasteiger charge is 2.20. The Morgan fingerprint density at radius 3 is 3.21 bits per heavy atom. The molecule has 2 aromatic rings. The molecule has 0 radical (unpaired) electrons. The Hall–Kier alpha value is -1.88. The van der Waals surface area contributed by atoms with Gasteiger partial charge in [0, 0.05) is 19.3 Å². The van der Waals surface area contributed by atoms with Crippen LogP contribution in [0.4, 0.5) is 5.69 Å². The second-order valence-corrected chi connectivity index (χ2v) is 5.09. The van der Waals surface area contributed by atoms with Crippen molar-refractivity contribution in [2.45, 2.75) is 12.8 Å². The molecule has 19 heavy (non-hydrogen) atoms. The molecule has 0 bridgehead atoms. The molecule has 2 heterocycles. The van der Waals surface area contributed by atoms with Gasteiger partial charge >= 0.3 is 0 Å². The molecular weight excluding hydrogens is 240 g/mol. The Kier molecular flexibility index (Phi) is 3.21. The number of piperidine rings is 1. The molecule has 0 saturated carbocycles. The Balaban J connectivity index is 1.75. The van der Waals surface area contributed by atoms with Gasteiger partial charge in [-0.2, -0.15) is 0 Å². The normalized spacial score (nSPS) is 19.5. The maximum atomic E-state index is 12.1. The molecule has 5 nitrogen and oxygen atoms in total. The molecule has 100 valence electrons. The van der Waals surface area contributed by atoms with E-state index in [0.717, 1.165) is 42.7 Å². The summed E-state index contributed by atoms with van der Waals surface area (Å²) in [7, 11) is 1.96. The molecule has 1 aliphatic heterocycles. The molecule has 3 rings (SSSR count). The first-order valence-electron chi connectivity index (χ1n) is 6.67. The summed E-state index contributed by atoms with van der Waals surface area (Å²) in [6, 6.07) is 5.83. The van der Waals surface area contributed by atoms with Crippen LogP contribution in [0.2, 0.25) is 0 Å².